The van der Waals surface area contributed by atoms with Gasteiger partial charge in [-0.1, -0.05) is 0 Å². The second kappa shape index (κ2) is 8.14. The van der Waals surface area contributed by atoms with Gasteiger partial charge in [0.2, 0.25) is 5.91 Å². The molecule has 21 heavy (non-hydrogen) atoms. The smallest absolute Gasteiger partial charge is 0.220 e. The van der Waals surface area contributed by atoms with Gasteiger partial charge in [0.25, 0.3) is 0 Å². The zero-order valence-electron chi connectivity index (χ0n) is 13.1. The highest BCUT2D eigenvalue weighted by molar-refractivity contribution is 5.76. The first-order chi connectivity index (χ1) is 10.1. The van der Waals surface area contributed by atoms with Crippen molar-refractivity contribution in [2.24, 2.45) is 0 Å². The van der Waals surface area contributed by atoms with Crippen molar-refractivity contribution in [3.05, 3.63) is 18.0 Å². The lowest BCUT2D eigenvalue weighted by molar-refractivity contribution is -0.121. The second-order valence-electron chi connectivity index (χ2n) is 5.93. The summed E-state index contributed by atoms with van der Waals surface area (Å²) in [7, 11) is 2.17. The summed E-state index contributed by atoms with van der Waals surface area (Å²) in [5.41, 5.74) is 1.08. The first-order valence-electron chi connectivity index (χ1n) is 7.82. The van der Waals surface area contributed by atoms with Crippen LogP contribution in [0.4, 0.5) is 0 Å². The number of aromatic nitrogens is 2. The largest absolute Gasteiger partial charge is 0.356 e. The summed E-state index contributed by atoms with van der Waals surface area (Å²) in [5, 5.41) is 9.65. The molecule has 1 saturated heterocycles. The van der Waals surface area contributed by atoms with E-state index < -0.39 is 0 Å². The number of likely N-dealkylation sites (N-methyl/N-ethyl adjacent to an activating group) is 1. The normalized spacial score (nSPS) is 18.6. The average molecular weight is 293 g/mol. The lowest BCUT2D eigenvalue weighted by Gasteiger charge is -2.36. The molecule has 0 aliphatic carbocycles. The zero-order chi connectivity index (χ0) is 15.1. The monoisotopic (exact) mass is 293 g/mol. The Hall–Kier alpha value is -1.40. The Labute approximate surface area is 126 Å². The average Bonchev–Trinajstić information content (AvgIpc) is 2.99. The number of carbonyl (C=O) groups is 1. The van der Waals surface area contributed by atoms with Crippen molar-refractivity contribution in [2.45, 2.75) is 32.2 Å². The van der Waals surface area contributed by atoms with Crippen molar-refractivity contribution >= 4 is 5.91 Å². The fourth-order valence-corrected chi connectivity index (χ4v) is 2.63. The number of aromatic amines is 1. The molecule has 2 rings (SSSR count). The summed E-state index contributed by atoms with van der Waals surface area (Å²) in [6.45, 7) is 7.56. The van der Waals surface area contributed by atoms with Gasteiger partial charge in [0.1, 0.15) is 0 Å². The zero-order valence-corrected chi connectivity index (χ0v) is 13.1. The van der Waals surface area contributed by atoms with Crippen molar-refractivity contribution < 1.29 is 4.79 Å². The van der Waals surface area contributed by atoms with Crippen LogP contribution >= 0.6 is 0 Å². The summed E-state index contributed by atoms with van der Waals surface area (Å²) < 4.78 is 0. The van der Waals surface area contributed by atoms with Crippen LogP contribution in [0.1, 0.15) is 25.3 Å². The number of amides is 1. The van der Waals surface area contributed by atoms with Crippen LogP contribution in [-0.2, 0) is 11.2 Å². The maximum Gasteiger partial charge on any atom is 0.220 e. The van der Waals surface area contributed by atoms with E-state index in [1.54, 1.807) is 6.20 Å². The van der Waals surface area contributed by atoms with Crippen molar-refractivity contribution in [3.8, 4) is 0 Å². The van der Waals surface area contributed by atoms with Gasteiger partial charge < -0.3 is 10.2 Å². The molecule has 0 unspecified atom stereocenters. The molecule has 6 heteroatoms. The SMILES string of the molecule is C[C@H](CCNC(=O)CCc1cn[nH]c1)N1CCN(C)CC1. The molecule has 1 fully saturated rings. The third-order valence-corrected chi connectivity index (χ3v) is 4.24. The van der Waals surface area contributed by atoms with Crippen LogP contribution in [-0.4, -0.2) is 71.7 Å². The summed E-state index contributed by atoms with van der Waals surface area (Å²) in [5.74, 6) is 0.127. The van der Waals surface area contributed by atoms with Gasteiger partial charge in [0.05, 0.1) is 6.20 Å². The van der Waals surface area contributed by atoms with E-state index in [1.807, 2.05) is 6.20 Å². The Morgan fingerprint density at radius 3 is 2.86 bits per heavy atom. The Balaban J connectivity index is 1.56. The molecule has 1 aliphatic heterocycles. The van der Waals surface area contributed by atoms with E-state index in [0.717, 1.165) is 51.1 Å². The van der Waals surface area contributed by atoms with E-state index in [1.165, 1.54) is 0 Å². The van der Waals surface area contributed by atoms with Gasteiger partial charge in [-0.3, -0.25) is 14.8 Å². The fourth-order valence-electron chi connectivity index (χ4n) is 2.63. The van der Waals surface area contributed by atoms with E-state index in [9.17, 15) is 4.79 Å². The minimum Gasteiger partial charge on any atom is -0.356 e. The van der Waals surface area contributed by atoms with Crippen LogP contribution in [0.5, 0.6) is 0 Å². The standard InChI is InChI=1S/C15H27N5O/c1-13(20-9-7-19(2)8-10-20)5-6-16-15(21)4-3-14-11-17-18-12-14/h11-13H,3-10H2,1-2H3,(H,16,21)(H,17,18)/t13-/m1/s1. The van der Waals surface area contributed by atoms with E-state index in [4.69, 9.17) is 0 Å². The minimum atomic E-state index is 0.127. The number of carbonyl (C=O) groups excluding carboxylic acids is 1. The first-order valence-corrected chi connectivity index (χ1v) is 7.82. The van der Waals surface area contributed by atoms with Crippen molar-refractivity contribution in [3.63, 3.8) is 0 Å². The summed E-state index contributed by atoms with van der Waals surface area (Å²) in [4.78, 5) is 16.7. The first kappa shape index (κ1) is 16.0. The van der Waals surface area contributed by atoms with Gasteiger partial charge in [-0.25, -0.2) is 0 Å². The number of nitrogens with zero attached hydrogens (tertiary/aromatic N) is 3. The molecule has 0 aromatic carbocycles. The number of nitrogens with one attached hydrogen (secondary N) is 2. The molecule has 1 aromatic heterocycles. The Kier molecular flexibility index (Phi) is 6.20. The van der Waals surface area contributed by atoms with Crippen molar-refractivity contribution in [1.29, 1.82) is 0 Å². The van der Waals surface area contributed by atoms with Crippen LogP contribution in [0.3, 0.4) is 0 Å². The molecule has 6 nitrogen and oxygen atoms in total. The van der Waals surface area contributed by atoms with Gasteiger partial charge in [0, 0.05) is 51.4 Å². The highest BCUT2D eigenvalue weighted by Crippen LogP contribution is 2.07. The number of hydrogen-bond donors (Lipinski definition) is 2. The molecule has 0 saturated carbocycles. The van der Waals surface area contributed by atoms with Crippen molar-refractivity contribution in [2.75, 3.05) is 39.8 Å². The van der Waals surface area contributed by atoms with Gasteiger partial charge in [-0.15, -0.1) is 0 Å². The molecule has 118 valence electrons. The molecule has 1 amide bonds. The molecule has 2 N–H and O–H groups in total. The van der Waals surface area contributed by atoms with Gasteiger partial charge >= 0.3 is 0 Å². The van der Waals surface area contributed by atoms with Crippen LogP contribution in [0.2, 0.25) is 0 Å². The molecule has 1 atom stereocenters. The third-order valence-electron chi connectivity index (χ3n) is 4.24. The number of piperazine rings is 1. The van der Waals surface area contributed by atoms with E-state index in [-0.39, 0.29) is 5.91 Å². The molecule has 1 aromatic rings. The Bertz CT molecular complexity index is 412. The Morgan fingerprint density at radius 2 is 2.19 bits per heavy atom. The summed E-state index contributed by atoms with van der Waals surface area (Å²) in [6.07, 6.45) is 5.89. The molecule has 0 spiro atoms. The van der Waals surface area contributed by atoms with Crippen molar-refractivity contribution in [1.82, 2.24) is 25.3 Å². The maximum absolute atomic E-state index is 11.8. The molecule has 0 bridgehead atoms. The highest BCUT2D eigenvalue weighted by atomic mass is 16.1. The number of aryl methyl sites for hydroxylation is 1. The quantitative estimate of drug-likeness (QED) is 0.768. The van der Waals surface area contributed by atoms with E-state index >= 15 is 0 Å². The fraction of sp³-hybridized carbons (Fsp3) is 0.733. The Morgan fingerprint density at radius 1 is 1.43 bits per heavy atom. The second-order valence-corrected chi connectivity index (χ2v) is 5.93. The van der Waals surface area contributed by atoms with Crippen LogP contribution in [0.25, 0.3) is 0 Å². The number of hydrogen-bond acceptors (Lipinski definition) is 4. The predicted molar refractivity (Wildman–Crippen MR) is 83.1 cm³/mol. The number of H-pyrrole nitrogens is 1. The summed E-state index contributed by atoms with van der Waals surface area (Å²) in [6, 6.07) is 0.535. The van der Waals surface area contributed by atoms with Crippen LogP contribution in [0.15, 0.2) is 12.4 Å². The molecule has 1 aliphatic rings. The highest BCUT2D eigenvalue weighted by Gasteiger charge is 2.18. The molecule has 2 heterocycles. The van der Waals surface area contributed by atoms with Gasteiger partial charge in [-0.2, -0.15) is 5.10 Å². The molecular weight excluding hydrogens is 266 g/mol. The molecule has 0 radical (unpaired) electrons. The van der Waals surface area contributed by atoms with Crippen LogP contribution in [0, 0.1) is 0 Å². The van der Waals surface area contributed by atoms with E-state index in [2.05, 4.69) is 39.3 Å². The predicted octanol–water partition coefficient (Wildman–Crippen LogP) is 0.485. The van der Waals surface area contributed by atoms with E-state index in [0.29, 0.717) is 12.5 Å². The third kappa shape index (κ3) is 5.47. The maximum atomic E-state index is 11.8. The lowest BCUT2D eigenvalue weighted by Crippen LogP contribution is -2.48. The lowest BCUT2D eigenvalue weighted by atomic mass is 10.1. The summed E-state index contributed by atoms with van der Waals surface area (Å²) >= 11 is 0. The number of rotatable bonds is 7. The van der Waals surface area contributed by atoms with Gasteiger partial charge in [0.15, 0.2) is 0 Å². The topological polar surface area (TPSA) is 64.3 Å². The molecular formula is C15H27N5O. The van der Waals surface area contributed by atoms with Gasteiger partial charge in [-0.05, 0) is 32.4 Å². The minimum absolute atomic E-state index is 0.127. The van der Waals surface area contributed by atoms with Crippen LogP contribution < -0.4 is 5.32 Å².